The van der Waals surface area contributed by atoms with Crippen molar-refractivity contribution in [1.82, 2.24) is 0 Å². The summed E-state index contributed by atoms with van der Waals surface area (Å²) in [5, 5.41) is -0.187. The lowest BCUT2D eigenvalue weighted by molar-refractivity contribution is -0.00641. The second kappa shape index (κ2) is 4.55. The van der Waals surface area contributed by atoms with Crippen molar-refractivity contribution in [3.8, 4) is 0 Å². The minimum absolute atomic E-state index is 0.111. The van der Waals surface area contributed by atoms with Crippen LogP contribution in [0.1, 0.15) is 18.4 Å². The fourth-order valence-corrected chi connectivity index (χ4v) is 2.92. The molecule has 16 heavy (non-hydrogen) atoms. The molecule has 1 saturated carbocycles. The lowest BCUT2D eigenvalue weighted by atomic mass is 9.95. The van der Waals surface area contributed by atoms with Gasteiger partial charge in [0.15, 0.2) is 9.84 Å². The Labute approximate surface area is 96.4 Å². The van der Waals surface area contributed by atoms with E-state index in [-0.39, 0.29) is 11.4 Å². The van der Waals surface area contributed by atoms with Crippen LogP contribution in [0.3, 0.4) is 0 Å². The lowest BCUT2D eigenvalue weighted by Gasteiger charge is -2.33. The molecule has 0 aromatic heterocycles. The SMILES string of the molecule is CS(=O)(=O)[C@H]1C[C@@H](OCc2ccccc2)C1. The van der Waals surface area contributed by atoms with Crippen molar-refractivity contribution in [2.24, 2.45) is 0 Å². The third-order valence-corrected chi connectivity index (χ3v) is 4.58. The zero-order chi connectivity index (χ0) is 11.6. The number of sulfone groups is 1. The Bertz CT molecular complexity index is 433. The van der Waals surface area contributed by atoms with Gasteiger partial charge in [0.25, 0.3) is 0 Å². The van der Waals surface area contributed by atoms with Gasteiger partial charge in [0.2, 0.25) is 0 Å². The predicted molar refractivity (Wildman–Crippen MR) is 62.9 cm³/mol. The van der Waals surface area contributed by atoms with E-state index in [0.29, 0.717) is 19.4 Å². The molecule has 0 N–H and O–H groups in total. The summed E-state index contributed by atoms with van der Waals surface area (Å²) in [6.45, 7) is 0.571. The van der Waals surface area contributed by atoms with Crippen molar-refractivity contribution < 1.29 is 13.2 Å². The number of hydrogen-bond acceptors (Lipinski definition) is 3. The Morgan fingerprint density at radius 1 is 1.25 bits per heavy atom. The summed E-state index contributed by atoms with van der Waals surface area (Å²) in [6.07, 6.45) is 2.70. The van der Waals surface area contributed by atoms with Crippen molar-refractivity contribution in [3.05, 3.63) is 35.9 Å². The van der Waals surface area contributed by atoms with Crippen LogP contribution in [0.4, 0.5) is 0 Å². The Balaban J connectivity index is 1.75. The van der Waals surface area contributed by atoms with Crippen molar-refractivity contribution in [3.63, 3.8) is 0 Å². The Morgan fingerprint density at radius 3 is 2.44 bits per heavy atom. The molecule has 0 radical (unpaired) electrons. The number of hydrogen-bond donors (Lipinski definition) is 0. The zero-order valence-electron chi connectivity index (χ0n) is 9.30. The standard InChI is InChI=1S/C12H16O3S/c1-16(13,14)12-7-11(8-12)15-9-10-5-3-2-4-6-10/h2-6,11-12H,7-9H2,1H3/t11-,12+. The minimum atomic E-state index is -2.86. The molecular weight excluding hydrogens is 224 g/mol. The molecule has 2 rings (SSSR count). The predicted octanol–water partition coefficient (Wildman–Crippen LogP) is 1.78. The highest BCUT2D eigenvalue weighted by Crippen LogP contribution is 2.29. The normalized spacial score (nSPS) is 25.1. The van der Waals surface area contributed by atoms with Crippen molar-refractivity contribution in [2.75, 3.05) is 6.26 Å². The van der Waals surface area contributed by atoms with Crippen LogP contribution >= 0.6 is 0 Å². The highest BCUT2D eigenvalue weighted by Gasteiger charge is 2.36. The van der Waals surface area contributed by atoms with Gasteiger partial charge in [-0.25, -0.2) is 8.42 Å². The van der Waals surface area contributed by atoms with Crippen LogP contribution in [0, 0.1) is 0 Å². The molecule has 88 valence electrons. The Morgan fingerprint density at radius 2 is 1.88 bits per heavy atom. The third kappa shape index (κ3) is 2.83. The number of rotatable bonds is 4. The molecule has 1 aromatic carbocycles. The summed E-state index contributed by atoms with van der Waals surface area (Å²) < 4.78 is 28.0. The van der Waals surface area contributed by atoms with E-state index >= 15 is 0 Å². The van der Waals surface area contributed by atoms with Gasteiger partial charge in [-0.15, -0.1) is 0 Å². The van der Waals surface area contributed by atoms with Crippen LogP contribution in [-0.2, 0) is 21.2 Å². The molecule has 1 aliphatic rings. The highest BCUT2D eigenvalue weighted by atomic mass is 32.2. The average Bonchev–Trinajstić information content (AvgIpc) is 2.15. The van der Waals surface area contributed by atoms with Crippen LogP contribution in [-0.4, -0.2) is 26.0 Å². The number of benzene rings is 1. The second-order valence-electron chi connectivity index (χ2n) is 4.34. The van der Waals surface area contributed by atoms with Gasteiger partial charge in [-0.3, -0.25) is 0 Å². The molecule has 0 spiro atoms. The van der Waals surface area contributed by atoms with Crippen LogP contribution in [0.2, 0.25) is 0 Å². The van der Waals surface area contributed by atoms with Gasteiger partial charge in [0.1, 0.15) is 0 Å². The summed E-state index contributed by atoms with van der Waals surface area (Å²) >= 11 is 0. The van der Waals surface area contributed by atoms with Crippen molar-refractivity contribution in [2.45, 2.75) is 30.8 Å². The summed E-state index contributed by atoms with van der Waals surface area (Å²) in [5.74, 6) is 0. The molecule has 0 atom stereocenters. The van der Waals surface area contributed by atoms with E-state index in [1.165, 1.54) is 6.26 Å². The molecule has 1 fully saturated rings. The lowest BCUT2D eigenvalue weighted by Crippen LogP contribution is -2.40. The van der Waals surface area contributed by atoms with Gasteiger partial charge in [-0.1, -0.05) is 30.3 Å². The fourth-order valence-electron chi connectivity index (χ4n) is 1.79. The highest BCUT2D eigenvalue weighted by molar-refractivity contribution is 7.91. The van der Waals surface area contributed by atoms with Gasteiger partial charge < -0.3 is 4.74 Å². The molecule has 0 aliphatic heterocycles. The monoisotopic (exact) mass is 240 g/mol. The Hall–Kier alpha value is -0.870. The zero-order valence-corrected chi connectivity index (χ0v) is 10.1. The van der Waals surface area contributed by atoms with E-state index in [1.54, 1.807) is 0 Å². The molecule has 0 saturated heterocycles. The van der Waals surface area contributed by atoms with Gasteiger partial charge in [0.05, 0.1) is 18.0 Å². The molecule has 0 unspecified atom stereocenters. The fraction of sp³-hybridized carbons (Fsp3) is 0.500. The first-order chi connectivity index (χ1) is 7.55. The van der Waals surface area contributed by atoms with E-state index in [1.807, 2.05) is 30.3 Å². The topological polar surface area (TPSA) is 43.4 Å². The molecule has 3 nitrogen and oxygen atoms in total. The van der Waals surface area contributed by atoms with Gasteiger partial charge in [-0.2, -0.15) is 0 Å². The van der Waals surface area contributed by atoms with Crippen LogP contribution in [0.5, 0.6) is 0 Å². The maximum absolute atomic E-state index is 11.2. The van der Waals surface area contributed by atoms with E-state index in [9.17, 15) is 8.42 Å². The molecule has 0 heterocycles. The Kier molecular flexibility index (Phi) is 3.30. The first-order valence-electron chi connectivity index (χ1n) is 5.40. The van der Waals surface area contributed by atoms with E-state index in [0.717, 1.165) is 5.56 Å². The minimum Gasteiger partial charge on any atom is -0.373 e. The van der Waals surface area contributed by atoms with Gasteiger partial charge in [0, 0.05) is 6.26 Å². The third-order valence-electron chi connectivity index (χ3n) is 2.99. The first-order valence-corrected chi connectivity index (χ1v) is 7.35. The second-order valence-corrected chi connectivity index (χ2v) is 6.67. The van der Waals surface area contributed by atoms with Crippen molar-refractivity contribution in [1.29, 1.82) is 0 Å². The van der Waals surface area contributed by atoms with Gasteiger partial charge >= 0.3 is 0 Å². The largest absolute Gasteiger partial charge is 0.373 e. The molecular formula is C12H16O3S. The van der Waals surface area contributed by atoms with Crippen LogP contribution < -0.4 is 0 Å². The molecule has 1 aromatic rings. The summed E-state index contributed by atoms with van der Waals surface area (Å²) in [5.41, 5.74) is 1.13. The molecule has 0 bridgehead atoms. The van der Waals surface area contributed by atoms with Crippen molar-refractivity contribution >= 4 is 9.84 Å². The maximum Gasteiger partial charge on any atom is 0.150 e. The smallest absolute Gasteiger partial charge is 0.150 e. The van der Waals surface area contributed by atoms with Gasteiger partial charge in [-0.05, 0) is 18.4 Å². The molecule has 4 heteroatoms. The quantitative estimate of drug-likeness (QED) is 0.805. The summed E-state index contributed by atoms with van der Waals surface area (Å²) in [4.78, 5) is 0. The van der Waals surface area contributed by atoms with Crippen LogP contribution in [0.25, 0.3) is 0 Å². The van der Waals surface area contributed by atoms with E-state index < -0.39 is 9.84 Å². The summed E-state index contributed by atoms with van der Waals surface area (Å²) in [6, 6.07) is 9.92. The van der Waals surface area contributed by atoms with Crippen LogP contribution in [0.15, 0.2) is 30.3 Å². The average molecular weight is 240 g/mol. The molecule has 0 amide bonds. The first kappa shape index (κ1) is 11.6. The van der Waals surface area contributed by atoms with E-state index in [2.05, 4.69) is 0 Å². The number of ether oxygens (including phenoxy) is 1. The summed E-state index contributed by atoms with van der Waals surface area (Å²) in [7, 11) is -2.86. The van der Waals surface area contributed by atoms with E-state index in [4.69, 9.17) is 4.74 Å². The molecule has 1 aliphatic carbocycles. The maximum atomic E-state index is 11.2.